The smallest absolute Gasteiger partial charge is 0.119 e. The molecule has 0 amide bonds. The summed E-state index contributed by atoms with van der Waals surface area (Å²) in [6, 6.07) is 7.11. The molecule has 0 aromatic heterocycles. The average molecular weight is 448 g/mol. The highest BCUT2D eigenvalue weighted by molar-refractivity contribution is 9.10. The maximum atomic E-state index is 5.40. The highest BCUT2D eigenvalue weighted by Gasteiger charge is 2.26. The van der Waals surface area contributed by atoms with Crippen LogP contribution in [0.15, 0.2) is 34.4 Å². The van der Waals surface area contributed by atoms with Crippen molar-refractivity contribution in [2.24, 2.45) is 5.92 Å². The molecule has 2 heterocycles. The van der Waals surface area contributed by atoms with Gasteiger partial charge < -0.3 is 10.1 Å². The molecule has 1 saturated heterocycles. The van der Waals surface area contributed by atoms with E-state index in [-0.39, 0.29) is 0 Å². The number of nitrogens with zero attached hydrogens (tertiary/aromatic N) is 2. The molecule has 0 radical (unpaired) electrons. The van der Waals surface area contributed by atoms with Gasteiger partial charge in [0, 0.05) is 35.8 Å². The van der Waals surface area contributed by atoms with Gasteiger partial charge in [-0.25, -0.2) is 0 Å². The van der Waals surface area contributed by atoms with Crippen molar-refractivity contribution in [1.29, 1.82) is 0 Å². The SMILES string of the molecule is COc1ccc(Br)c(CC2CCN(CC3=CCN(C4CCCCC4)CN3)C2)c1. The number of likely N-dealkylation sites (tertiary alicyclic amines) is 1. The van der Waals surface area contributed by atoms with Crippen LogP contribution in [0.2, 0.25) is 0 Å². The van der Waals surface area contributed by atoms with Crippen molar-refractivity contribution in [3.05, 3.63) is 40.0 Å². The van der Waals surface area contributed by atoms with Gasteiger partial charge in [-0.05, 0) is 61.9 Å². The Morgan fingerprint density at radius 3 is 2.79 bits per heavy atom. The van der Waals surface area contributed by atoms with E-state index in [1.807, 2.05) is 6.07 Å². The molecule has 28 heavy (non-hydrogen) atoms. The van der Waals surface area contributed by atoms with Crippen molar-refractivity contribution >= 4 is 15.9 Å². The summed E-state index contributed by atoms with van der Waals surface area (Å²) in [7, 11) is 1.74. The molecule has 1 saturated carbocycles. The topological polar surface area (TPSA) is 27.7 Å². The molecule has 1 aromatic rings. The number of ether oxygens (including phenoxy) is 1. The van der Waals surface area contributed by atoms with Crippen molar-refractivity contribution in [1.82, 2.24) is 15.1 Å². The molecule has 2 aliphatic heterocycles. The molecular formula is C23H34BrN3O. The largest absolute Gasteiger partial charge is 0.497 e. The molecule has 4 rings (SSSR count). The first-order chi connectivity index (χ1) is 13.7. The fraction of sp³-hybridized carbons (Fsp3) is 0.652. The minimum Gasteiger partial charge on any atom is -0.497 e. The second kappa shape index (κ2) is 9.64. The molecule has 3 aliphatic rings. The summed E-state index contributed by atoms with van der Waals surface area (Å²) >= 11 is 3.71. The molecule has 1 N–H and O–H groups in total. The molecule has 1 aromatic carbocycles. The lowest BCUT2D eigenvalue weighted by Gasteiger charge is -2.37. The van der Waals surface area contributed by atoms with Crippen LogP contribution in [0, 0.1) is 5.92 Å². The van der Waals surface area contributed by atoms with Gasteiger partial charge in [-0.15, -0.1) is 0 Å². The summed E-state index contributed by atoms with van der Waals surface area (Å²) < 4.78 is 6.60. The lowest BCUT2D eigenvalue weighted by atomic mass is 9.94. The van der Waals surface area contributed by atoms with Crippen molar-refractivity contribution in [3.63, 3.8) is 0 Å². The fourth-order valence-electron chi connectivity index (χ4n) is 5.02. The Morgan fingerprint density at radius 2 is 2.04 bits per heavy atom. The number of nitrogens with one attached hydrogen (secondary N) is 1. The van der Waals surface area contributed by atoms with Crippen LogP contribution in [0.4, 0.5) is 0 Å². The summed E-state index contributed by atoms with van der Waals surface area (Å²) in [5, 5.41) is 3.70. The lowest BCUT2D eigenvalue weighted by molar-refractivity contribution is 0.154. The Labute approximate surface area is 178 Å². The number of benzene rings is 1. The number of halogens is 1. The van der Waals surface area contributed by atoms with Gasteiger partial charge in [0.25, 0.3) is 0 Å². The highest BCUT2D eigenvalue weighted by atomic mass is 79.9. The molecule has 0 bridgehead atoms. The maximum Gasteiger partial charge on any atom is 0.119 e. The highest BCUT2D eigenvalue weighted by Crippen LogP contribution is 2.29. The predicted molar refractivity (Wildman–Crippen MR) is 119 cm³/mol. The van der Waals surface area contributed by atoms with Crippen LogP contribution >= 0.6 is 15.9 Å². The zero-order valence-electron chi connectivity index (χ0n) is 17.1. The van der Waals surface area contributed by atoms with Crippen molar-refractivity contribution in [3.8, 4) is 5.75 Å². The van der Waals surface area contributed by atoms with Gasteiger partial charge in [0.2, 0.25) is 0 Å². The van der Waals surface area contributed by atoms with E-state index in [1.54, 1.807) is 7.11 Å². The van der Waals surface area contributed by atoms with Crippen LogP contribution in [0.5, 0.6) is 5.75 Å². The van der Waals surface area contributed by atoms with E-state index >= 15 is 0 Å². The Kier molecular flexibility index (Phi) is 6.97. The first-order valence-corrected chi connectivity index (χ1v) is 11.7. The second-order valence-electron chi connectivity index (χ2n) is 8.68. The van der Waals surface area contributed by atoms with E-state index < -0.39 is 0 Å². The summed E-state index contributed by atoms with van der Waals surface area (Å²) in [5.41, 5.74) is 2.79. The molecule has 154 valence electrons. The second-order valence-corrected chi connectivity index (χ2v) is 9.53. The predicted octanol–water partition coefficient (Wildman–Crippen LogP) is 4.40. The Hall–Kier alpha value is -1.04. The summed E-state index contributed by atoms with van der Waals surface area (Å²) in [5.74, 6) is 1.68. The summed E-state index contributed by atoms with van der Waals surface area (Å²) in [6.45, 7) is 5.63. The Morgan fingerprint density at radius 1 is 1.18 bits per heavy atom. The zero-order chi connectivity index (χ0) is 19.3. The van der Waals surface area contributed by atoms with E-state index in [2.05, 4.69) is 49.3 Å². The minimum absolute atomic E-state index is 0.728. The van der Waals surface area contributed by atoms with Crippen molar-refractivity contribution in [2.75, 3.05) is 40.0 Å². The molecule has 1 unspecified atom stereocenters. The Balaban J connectivity index is 1.25. The van der Waals surface area contributed by atoms with E-state index in [4.69, 9.17) is 4.74 Å². The number of rotatable bonds is 6. The summed E-state index contributed by atoms with van der Waals surface area (Å²) in [6.07, 6.45) is 11.9. The van der Waals surface area contributed by atoms with Gasteiger partial charge in [-0.1, -0.05) is 41.3 Å². The molecule has 4 nitrogen and oxygen atoms in total. The molecule has 2 fully saturated rings. The third-order valence-electron chi connectivity index (χ3n) is 6.70. The van der Waals surface area contributed by atoms with E-state index in [9.17, 15) is 0 Å². The molecule has 1 atom stereocenters. The number of hydrogen-bond donors (Lipinski definition) is 1. The van der Waals surface area contributed by atoms with Crippen LogP contribution in [-0.2, 0) is 6.42 Å². The van der Waals surface area contributed by atoms with Gasteiger partial charge in [-0.2, -0.15) is 0 Å². The van der Waals surface area contributed by atoms with Gasteiger partial charge in [0.15, 0.2) is 0 Å². The van der Waals surface area contributed by atoms with Crippen LogP contribution in [0.3, 0.4) is 0 Å². The molecule has 5 heteroatoms. The number of hydrogen-bond acceptors (Lipinski definition) is 4. The van der Waals surface area contributed by atoms with E-state index in [1.165, 1.54) is 67.3 Å². The molecular weight excluding hydrogens is 414 g/mol. The first kappa shape index (κ1) is 20.2. The Bertz CT molecular complexity index is 686. The third kappa shape index (κ3) is 5.11. The zero-order valence-corrected chi connectivity index (χ0v) is 18.7. The van der Waals surface area contributed by atoms with Gasteiger partial charge in [-0.3, -0.25) is 9.80 Å². The van der Waals surface area contributed by atoms with Crippen molar-refractivity contribution < 1.29 is 4.74 Å². The van der Waals surface area contributed by atoms with Crippen LogP contribution in [0.25, 0.3) is 0 Å². The third-order valence-corrected chi connectivity index (χ3v) is 7.47. The lowest BCUT2D eigenvalue weighted by Crippen LogP contribution is -2.47. The molecule has 1 aliphatic carbocycles. The standard InChI is InChI=1S/C23H34BrN3O/c1-28-22-7-8-23(24)19(14-22)13-18-9-11-26(15-18)16-20-10-12-27(17-25-20)21-5-3-2-4-6-21/h7-8,10,14,18,21,25H,2-6,9,11-13,15-17H2,1H3. The van der Waals surface area contributed by atoms with Crippen LogP contribution in [0.1, 0.15) is 44.1 Å². The van der Waals surface area contributed by atoms with Crippen LogP contribution in [-0.4, -0.2) is 55.8 Å². The van der Waals surface area contributed by atoms with Crippen molar-refractivity contribution in [2.45, 2.75) is 51.0 Å². The van der Waals surface area contributed by atoms with Crippen LogP contribution < -0.4 is 10.1 Å². The minimum atomic E-state index is 0.728. The van der Waals surface area contributed by atoms with Gasteiger partial charge in [0.05, 0.1) is 13.8 Å². The van der Waals surface area contributed by atoms with E-state index in [0.717, 1.165) is 43.9 Å². The molecule has 0 spiro atoms. The average Bonchev–Trinajstić information content (AvgIpc) is 3.17. The fourth-order valence-corrected chi connectivity index (χ4v) is 5.43. The number of methoxy groups -OCH3 is 1. The van der Waals surface area contributed by atoms with Gasteiger partial charge >= 0.3 is 0 Å². The monoisotopic (exact) mass is 447 g/mol. The summed E-state index contributed by atoms with van der Waals surface area (Å²) in [4.78, 5) is 5.25. The van der Waals surface area contributed by atoms with E-state index in [0.29, 0.717) is 0 Å². The van der Waals surface area contributed by atoms with Gasteiger partial charge in [0.1, 0.15) is 5.75 Å². The quantitative estimate of drug-likeness (QED) is 0.698. The normalized spacial score (nSPS) is 24.8. The first-order valence-electron chi connectivity index (χ1n) is 10.9. The maximum absolute atomic E-state index is 5.40.